The Morgan fingerprint density at radius 2 is 1.83 bits per heavy atom. The minimum Gasteiger partial charge on any atom is -0.319 e. The molecular formula is C18H16FN3O. The third kappa shape index (κ3) is 3.13. The van der Waals surface area contributed by atoms with Gasteiger partial charge in [-0.15, -0.1) is 0 Å². The number of halogens is 1. The largest absolute Gasteiger partial charge is 0.319 e. The van der Waals surface area contributed by atoms with Crippen LogP contribution in [0.5, 0.6) is 0 Å². The van der Waals surface area contributed by atoms with Gasteiger partial charge in [0.05, 0.1) is 11.4 Å². The van der Waals surface area contributed by atoms with Gasteiger partial charge in [-0.3, -0.25) is 9.89 Å². The lowest BCUT2D eigenvalue weighted by Gasteiger charge is -2.08. The fourth-order valence-electron chi connectivity index (χ4n) is 2.36. The summed E-state index contributed by atoms with van der Waals surface area (Å²) in [6.07, 6.45) is 0.693. The second-order valence-electron chi connectivity index (χ2n) is 5.11. The molecule has 1 amide bonds. The third-order valence-electron chi connectivity index (χ3n) is 3.59. The van der Waals surface area contributed by atoms with Gasteiger partial charge in [-0.2, -0.15) is 5.10 Å². The minimum atomic E-state index is -0.310. The summed E-state index contributed by atoms with van der Waals surface area (Å²) in [6.45, 7) is 1.97. The molecular weight excluding hydrogens is 293 g/mol. The van der Waals surface area contributed by atoms with Gasteiger partial charge in [-0.05, 0) is 42.8 Å². The van der Waals surface area contributed by atoms with Crippen LogP contribution in [0.1, 0.15) is 23.0 Å². The number of hydrogen-bond donors (Lipinski definition) is 2. The molecule has 1 aromatic heterocycles. The molecule has 116 valence electrons. The minimum absolute atomic E-state index is 0.204. The smallest absolute Gasteiger partial charge is 0.255 e. The molecule has 23 heavy (non-hydrogen) atoms. The molecule has 0 atom stereocenters. The lowest BCUT2D eigenvalue weighted by molar-refractivity contribution is 0.102. The highest BCUT2D eigenvalue weighted by molar-refractivity contribution is 6.06. The maximum absolute atomic E-state index is 13.1. The Kier molecular flexibility index (Phi) is 4.19. The van der Waals surface area contributed by atoms with Crippen LogP contribution in [0.15, 0.2) is 54.6 Å². The zero-order chi connectivity index (χ0) is 16.2. The number of H-pyrrole nitrogens is 1. The topological polar surface area (TPSA) is 57.8 Å². The Balaban J connectivity index is 1.96. The molecule has 2 aromatic carbocycles. The van der Waals surface area contributed by atoms with Crippen molar-refractivity contribution in [2.75, 3.05) is 5.32 Å². The predicted octanol–water partition coefficient (Wildman–Crippen LogP) is 4.03. The fourth-order valence-corrected chi connectivity index (χ4v) is 2.36. The molecule has 0 bridgehead atoms. The second kappa shape index (κ2) is 6.44. The van der Waals surface area contributed by atoms with Crippen molar-refractivity contribution in [3.8, 4) is 11.3 Å². The van der Waals surface area contributed by atoms with Crippen LogP contribution in [0.4, 0.5) is 10.1 Å². The quantitative estimate of drug-likeness (QED) is 0.764. The second-order valence-corrected chi connectivity index (χ2v) is 5.11. The molecule has 4 nitrogen and oxygen atoms in total. The van der Waals surface area contributed by atoms with E-state index in [0.29, 0.717) is 23.4 Å². The van der Waals surface area contributed by atoms with Gasteiger partial charge in [-0.25, -0.2) is 4.39 Å². The van der Waals surface area contributed by atoms with E-state index < -0.39 is 0 Å². The monoisotopic (exact) mass is 309 g/mol. The first kappa shape index (κ1) is 15.0. The van der Waals surface area contributed by atoms with E-state index in [-0.39, 0.29) is 11.7 Å². The Hall–Kier alpha value is -2.95. The molecule has 2 N–H and O–H groups in total. The summed E-state index contributed by atoms with van der Waals surface area (Å²) in [6, 6.07) is 15.0. The molecule has 0 saturated heterocycles. The van der Waals surface area contributed by atoms with E-state index in [9.17, 15) is 9.18 Å². The standard InChI is InChI=1S/C18H16FN3O/c1-2-15-17(20-18(23)13-6-4-3-5-7-13)16(22-21-15)12-8-10-14(19)11-9-12/h3-11H,2H2,1H3,(H,20,23)(H,21,22). The highest BCUT2D eigenvalue weighted by atomic mass is 19.1. The fraction of sp³-hybridized carbons (Fsp3) is 0.111. The summed E-state index contributed by atoms with van der Waals surface area (Å²) in [5, 5.41) is 10.1. The van der Waals surface area contributed by atoms with Gasteiger partial charge in [0.15, 0.2) is 0 Å². The van der Waals surface area contributed by atoms with Crippen molar-refractivity contribution in [1.29, 1.82) is 0 Å². The summed E-state index contributed by atoms with van der Waals surface area (Å²) in [7, 11) is 0. The zero-order valence-corrected chi connectivity index (χ0v) is 12.6. The van der Waals surface area contributed by atoms with Gasteiger partial charge in [0, 0.05) is 11.1 Å². The summed E-state index contributed by atoms with van der Waals surface area (Å²) in [5.41, 5.74) is 3.37. The molecule has 0 radical (unpaired) electrons. The normalized spacial score (nSPS) is 10.5. The van der Waals surface area contributed by atoms with Crippen molar-refractivity contribution >= 4 is 11.6 Å². The first-order valence-electron chi connectivity index (χ1n) is 7.38. The van der Waals surface area contributed by atoms with Crippen LogP contribution in [0.2, 0.25) is 0 Å². The molecule has 0 spiro atoms. The number of aromatic nitrogens is 2. The number of aryl methyl sites for hydroxylation is 1. The molecule has 1 heterocycles. The molecule has 3 rings (SSSR count). The number of nitrogens with zero attached hydrogens (tertiary/aromatic N) is 1. The van der Waals surface area contributed by atoms with Crippen molar-refractivity contribution in [3.63, 3.8) is 0 Å². The van der Waals surface area contributed by atoms with Crippen molar-refractivity contribution in [2.45, 2.75) is 13.3 Å². The van der Waals surface area contributed by atoms with Crippen molar-refractivity contribution < 1.29 is 9.18 Å². The van der Waals surface area contributed by atoms with E-state index in [2.05, 4.69) is 15.5 Å². The van der Waals surface area contributed by atoms with Gasteiger partial charge in [-0.1, -0.05) is 25.1 Å². The number of benzene rings is 2. The van der Waals surface area contributed by atoms with Crippen LogP contribution in [0.3, 0.4) is 0 Å². The summed E-state index contributed by atoms with van der Waals surface area (Å²) >= 11 is 0. The number of hydrogen-bond acceptors (Lipinski definition) is 2. The third-order valence-corrected chi connectivity index (χ3v) is 3.59. The Morgan fingerprint density at radius 3 is 2.48 bits per heavy atom. The van der Waals surface area contributed by atoms with Crippen molar-refractivity contribution in [1.82, 2.24) is 10.2 Å². The van der Waals surface area contributed by atoms with Gasteiger partial charge < -0.3 is 5.32 Å². The number of carbonyl (C=O) groups is 1. The van der Waals surface area contributed by atoms with E-state index in [0.717, 1.165) is 11.3 Å². The van der Waals surface area contributed by atoms with Crippen molar-refractivity contribution in [3.05, 3.63) is 71.7 Å². The Morgan fingerprint density at radius 1 is 1.13 bits per heavy atom. The molecule has 5 heteroatoms. The molecule has 0 aliphatic heterocycles. The van der Waals surface area contributed by atoms with Gasteiger partial charge in [0.1, 0.15) is 11.5 Å². The van der Waals surface area contributed by atoms with Crippen LogP contribution in [-0.2, 0) is 6.42 Å². The average molecular weight is 309 g/mol. The Bertz CT molecular complexity index is 810. The highest BCUT2D eigenvalue weighted by Gasteiger charge is 2.17. The molecule has 0 fully saturated rings. The number of amides is 1. The molecule has 0 unspecified atom stereocenters. The number of aromatic amines is 1. The lowest BCUT2D eigenvalue weighted by Crippen LogP contribution is -2.13. The first-order valence-corrected chi connectivity index (χ1v) is 7.38. The van der Waals surface area contributed by atoms with E-state index >= 15 is 0 Å². The van der Waals surface area contributed by atoms with Crippen LogP contribution >= 0.6 is 0 Å². The maximum atomic E-state index is 13.1. The number of nitrogens with one attached hydrogen (secondary N) is 2. The van der Waals surface area contributed by atoms with Gasteiger partial charge >= 0.3 is 0 Å². The van der Waals surface area contributed by atoms with Crippen LogP contribution in [-0.4, -0.2) is 16.1 Å². The van der Waals surface area contributed by atoms with Gasteiger partial charge in [0.25, 0.3) is 5.91 Å². The van der Waals surface area contributed by atoms with Crippen molar-refractivity contribution in [2.24, 2.45) is 0 Å². The van der Waals surface area contributed by atoms with E-state index in [1.165, 1.54) is 12.1 Å². The lowest BCUT2D eigenvalue weighted by atomic mass is 10.1. The molecule has 0 aliphatic rings. The summed E-state index contributed by atoms with van der Waals surface area (Å²) < 4.78 is 13.1. The predicted molar refractivity (Wildman–Crippen MR) is 87.8 cm³/mol. The SMILES string of the molecule is CCc1[nH]nc(-c2ccc(F)cc2)c1NC(=O)c1ccccc1. The summed E-state index contributed by atoms with van der Waals surface area (Å²) in [4.78, 5) is 12.4. The molecule has 0 aliphatic carbocycles. The van der Waals surface area contributed by atoms with Crippen LogP contribution in [0, 0.1) is 5.82 Å². The maximum Gasteiger partial charge on any atom is 0.255 e. The average Bonchev–Trinajstić information content (AvgIpc) is 2.99. The summed E-state index contributed by atoms with van der Waals surface area (Å²) in [5.74, 6) is -0.514. The molecule has 3 aromatic rings. The highest BCUT2D eigenvalue weighted by Crippen LogP contribution is 2.29. The zero-order valence-electron chi connectivity index (χ0n) is 12.6. The van der Waals surface area contributed by atoms with Crippen LogP contribution in [0.25, 0.3) is 11.3 Å². The van der Waals surface area contributed by atoms with Crippen LogP contribution < -0.4 is 5.32 Å². The van der Waals surface area contributed by atoms with E-state index in [4.69, 9.17) is 0 Å². The first-order chi connectivity index (χ1) is 11.2. The number of anilines is 1. The van der Waals surface area contributed by atoms with E-state index in [1.807, 2.05) is 25.1 Å². The molecule has 0 saturated carbocycles. The van der Waals surface area contributed by atoms with E-state index in [1.54, 1.807) is 24.3 Å². The number of rotatable bonds is 4. The van der Waals surface area contributed by atoms with Gasteiger partial charge in [0.2, 0.25) is 0 Å². The number of carbonyl (C=O) groups excluding carboxylic acids is 1. The Labute approximate surface area is 133 Å².